The molecule has 22 heavy (non-hydrogen) atoms. The van der Waals surface area contributed by atoms with Gasteiger partial charge in [-0.3, -0.25) is 4.79 Å². The Morgan fingerprint density at radius 3 is 2.68 bits per heavy atom. The van der Waals surface area contributed by atoms with Crippen molar-refractivity contribution in [1.82, 2.24) is 5.32 Å². The van der Waals surface area contributed by atoms with Gasteiger partial charge >= 0.3 is 12.1 Å². The molecule has 1 heterocycles. The number of alkyl carbamates (subject to hydrolysis) is 1. The van der Waals surface area contributed by atoms with Crippen molar-refractivity contribution in [3.8, 4) is 5.75 Å². The maximum atomic E-state index is 12.2. The maximum Gasteiger partial charge on any atom is 0.408 e. The lowest BCUT2D eigenvalue weighted by Gasteiger charge is -2.38. The fourth-order valence-corrected chi connectivity index (χ4v) is 2.57. The van der Waals surface area contributed by atoms with Gasteiger partial charge in [0, 0.05) is 12.0 Å². The maximum absolute atomic E-state index is 12.2. The van der Waals surface area contributed by atoms with Gasteiger partial charge in [0.1, 0.15) is 11.4 Å². The molecule has 1 atom stereocenters. The molecule has 0 aromatic heterocycles. The van der Waals surface area contributed by atoms with Gasteiger partial charge in [-0.25, -0.2) is 4.79 Å². The molecule has 0 bridgehead atoms. The molecule has 1 aromatic carbocycles. The molecule has 1 unspecified atom stereocenters. The Kier molecular flexibility index (Phi) is 4.30. The fourth-order valence-electron chi connectivity index (χ4n) is 2.57. The molecule has 1 aromatic rings. The van der Waals surface area contributed by atoms with Crippen molar-refractivity contribution in [1.29, 1.82) is 0 Å². The number of carboxylic acid groups (broad SMARTS) is 1. The second-order valence-corrected chi connectivity index (χ2v) is 6.37. The zero-order chi connectivity index (χ0) is 16.4. The van der Waals surface area contributed by atoms with Gasteiger partial charge in [0.15, 0.2) is 0 Å². The van der Waals surface area contributed by atoms with Gasteiger partial charge in [-0.15, -0.1) is 0 Å². The van der Waals surface area contributed by atoms with Gasteiger partial charge in [-0.1, -0.05) is 18.2 Å². The Labute approximate surface area is 129 Å². The number of nitrogens with one attached hydrogen (secondary N) is 1. The van der Waals surface area contributed by atoms with Crippen LogP contribution in [-0.4, -0.2) is 29.4 Å². The van der Waals surface area contributed by atoms with Crippen LogP contribution in [-0.2, 0) is 15.1 Å². The smallest absolute Gasteiger partial charge is 0.408 e. The van der Waals surface area contributed by atoms with Crippen LogP contribution in [0.15, 0.2) is 24.3 Å². The van der Waals surface area contributed by atoms with Crippen LogP contribution >= 0.6 is 0 Å². The average molecular weight is 307 g/mol. The van der Waals surface area contributed by atoms with Crippen LogP contribution in [0.5, 0.6) is 5.75 Å². The van der Waals surface area contributed by atoms with E-state index in [9.17, 15) is 14.7 Å². The van der Waals surface area contributed by atoms with E-state index in [-0.39, 0.29) is 6.42 Å². The number of carboxylic acids is 1. The number of amides is 1. The van der Waals surface area contributed by atoms with Crippen molar-refractivity contribution >= 4 is 12.1 Å². The summed E-state index contributed by atoms with van der Waals surface area (Å²) in [5.74, 6) is -0.404. The first-order chi connectivity index (χ1) is 10.2. The molecule has 0 spiro atoms. The number of rotatable bonds is 3. The van der Waals surface area contributed by atoms with Crippen molar-refractivity contribution in [2.45, 2.75) is 44.8 Å². The highest BCUT2D eigenvalue weighted by molar-refractivity contribution is 5.74. The zero-order valence-corrected chi connectivity index (χ0v) is 13.0. The number of ether oxygens (including phenoxy) is 2. The molecule has 0 saturated carbocycles. The van der Waals surface area contributed by atoms with Crippen LogP contribution in [0.3, 0.4) is 0 Å². The summed E-state index contributed by atoms with van der Waals surface area (Å²) in [7, 11) is 0. The Morgan fingerprint density at radius 1 is 1.36 bits per heavy atom. The average Bonchev–Trinajstić information content (AvgIpc) is 2.36. The van der Waals surface area contributed by atoms with E-state index >= 15 is 0 Å². The number of aliphatic carboxylic acids is 1. The standard InChI is InChI=1S/C16H21NO5/c1-15(2,3)22-14(20)17-16(10-13(18)19)8-9-21-12-7-5-4-6-11(12)16/h4-7H,8-10H2,1-3H3,(H,17,20)(H,18,19). The van der Waals surface area contributed by atoms with Gasteiger partial charge in [0.2, 0.25) is 0 Å². The monoisotopic (exact) mass is 307 g/mol. The van der Waals surface area contributed by atoms with Crippen LogP contribution in [0.2, 0.25) is 0 Å². The molecule has 1 amide bonds. The molecule has 6 nitrogen and oxygen atoms in total. The second kappa shape index (κ2) is 5.87. The number of hydrogen-bond donors (Lipinski definition) is 2. The summed E-state index contributed by atoms with van der Waals surface area (Å²) in [6.45, 7) is 5.61. The Hall–Kier alpha value is -2.24. The molecule has 120 valence electrons. The lowest BCUT2D eigenvalue weighted by Crippen LogP contribution is -2.51. The van der Waals surface area contributed by atoms with Gasteiger partial charge in [0.05, 0.1) is 18.6 Å². The van der Waals surface area contributed by atoms with Crippen molar-refractivity contribution in [3.05, 3.63) is 29.8 Å². The van der Waals surface area contributed by atoms with Gasteiger partial charge in [-0.05, 0) is 26.8 Å². The summed E-state index contributed by atoms with van der Waals surface area (Å²) >= 11 is 0. The predicted molar refractivity (Wildman–Crippen MR) is 79.9 cm³/mol. The minimum absolute atomic E-state index is 0.230. The molecule has 0 fully saturated rings. The molecular formula is C16H21NO5. The van der Waals surface area contributed by atoms with E-state index in [4.69, 9.17) is 9.47 Å². The fraction of sp³-hybridized carbons (Fsp3) is 0.500. The third-order valence-electron chi connectivity index (χ3n) is 3.38. The number of carbonyl (C=O) groups excluding carboxylic acids is 1. The van der Waals surface area contributed by atoms with Gasteiger partial charge in [-0.2, -0.15) is 0 Å². The van der Waals surface area contributed by atoms with Crippen LogP contribution in [0, 0.1) is 0 Å². The molecule has 2 rings (SSSR count). The highest BCUT2D eigenvalue weighted by Gasteiger charge is 2.42. The minimum Gasteiger partial charge on any atom is -0.493 e. The third-order valence-corrected chi connectivity index (χ3v) is 3.38. The molecule has 1 aliphatic heterocycles. The van der Waals surface area contributed by atoms with Crippen molar-refractivity contribution in [2.24, 2.45) is 0 Å². The number of benzene rings is 1. The summed E-state index contributed by atoms with van der Waals surface area (Å²) in [6.07, 6.45) is -0.493. The summed E-state index contributed by atoms with van der Waals surface area (Å²) in [6, 6.07) is 7.14. The van der Waals surface area contributed by atoms with Gasteiger partial charge in [0.25, 0.3) is 0 Å². The van der Waals surface area contributed by atoms with Crippen LogP contribution in [0.1, 0.15) is 39.2 Å². The SMILES string of the molecule is CC(C)(C)OC(=O)NC1(CC(=O)O)CCOc2ccccc21. The minimum atomic E-state index is -1.02. The zero-order valence-electron chi connectivity index (χ0n) is 13.0. The van der Waals surface area contributed by atoms with E-state index in [0.717, 1.165) is 0 Å². The predicted octanol–water partition coefficient (Wildman–Crippen LogP) is 2.66. The van der Waals surface area contributed by atoms with E-state index in [1.165, 1.54) is 0 Å². The summed E-state index contributed by atoms with van der Waals surface area (Å²) in [5, 5.41) is 12.0. The van der Waals surface area contributed by atoms with Crippen molar-refractivity contribution in [3.63, 3.8) is 0 Å². The summed E-state index contributed by atoms with van der Waals surface area (Å²) < 4.78 is 10.8. The topological polar surface area (TPSA) is 84.9 Å². The largest absolute Gasteiger partial charge is 0.493 e. The van der Waals surface area contributed by atoms with E-state index in [0.29, 0.717) is 24.3 Å². The number of hydrogen-bond acceptors (Lipinski definition) is 4. The molecular weight excluding hydrogens is 286 g/mol. The van der Waals surface area contributed by atoms with Crippen molar-refractivity contribution in [2.75, 3.05) is 6.61 Å². The van der Waals surface area contributed by atoms with E-state index in [1.54, 1.807) is 39.0 Å². The third kappa shape index (κ3) is 3.69. The lowest BCUT2D eigenvalue weighted by atomic mass is 9.81. The van der Waals surface area contributed by atoms with Crippen LogP contribution < -0.4 is 10.1 Å². The van der Waals surface area contributed by atoms with E-state index in [2.05, 4.69) is 5.32 Å². The molecule has 6 heteroatoms. The molecule has 0 saturated heterocycles. The summed E-state index contributed by atoms with van der Waals surface area (Å²) in [4.78, 5) is 23.5. The van der Waals surface area contributed by atoms with E-state index < -0.39 is 23.2 Å². The Morgan fingerprint density at radius 2 is 2.05 bits per heavy atom. The quantitative estimate of drug-likeness (QED) is 0.896. The normalized spacial score (nSPS) is 20.5. The first-order valence-electron chi connectivity index (χ1n) is 7.17. The lowest BCUT2D eigenvalue weighted by molar-refractivity contribution is -0.139. The summed E-state index contributed by atoms with van der Waals surface area (Å²) in [5.41, 5.74) is -1.02. The van der Waals surface area contributed by atoms with Crippen molar-refractivity contribution < 1.29 is 24.2 Å². The Bertz CT molecular complexity index is 578. The number of carbonyl (C=O) groups is 2. The van der Waals surface area contributed by atoms with Crippen LogP contribution in [0.4, 0.5) is 4.79 Å². The van der Waals surface area contributed by atoms with E-state index in [1.807, 2.05) is 6.07 Å². The highest BCUT2D eigenvalue weighted by atomic mass is 16.6. The number of fused-ring (bicyclic) bond motifs is 1. The Balaban J connectivity index is 2.34. The second-order valence-electron chi connectivity index (χ2n) is 6.37. The molecule has 2 N–H and O–H groups in total. The molecule has 0 radical (unpaired) electrons. The molecule has 0 aliphatic carbocycles. The highest BCUT2D eigenvalue weighted by Crippen LogP contribution is 2.39. The van der Waals surface area contributed by atoms with Crippen LogP contribution in [0.25, 0.3) is 0 Å². The number of para-hydroxylation sites is 1. The van der Waals surface area contributed by atoms with Gasteiger partial charge < -0.3 is 19.9 Å². The first kappa shape index (κ1) is 16.1. The molecule has 1 aliphatic rings. The first-order valence-corrected chi connectivity index (χ1v) is 7.17.